The van der Waals surface area contributed by atoms with Crippen molar-refractivity contribution < 1.29 is 20.4 Å². The van der Waals surface area contributed by atoms with Crippen molar-refractivity contribution >= 4 is 22.7 Å². The Labute approximate surface area is 261 Å². The number of phenolic OH excluding ortho intramolecular Hbond substituents is 2. The first-order valence-corrected chi connectivity index (χ1v) is 15.8. The highest BCUT2D eigenvalue weighted by atomic mass is 16.3. The van der Waals surface area contributed by atoms with Gasteiger partial charge in [-0.05, 0) is 84.0 Å². The first-order chi connectivity index (χ1) is 21.1. The average molecular weight is 593 g/mol. The standard InChI is InChI=1S/C38H44N2O4/c1-7-39(8-2)25-17-19-29(33(41)21-25)35-37(43)36(38(35)44)30-20-18-26(22-34(30)42)40(31-15-11-9-13-27(31)23(3)4)32-16-12-10-14-28(32)24(5)6/h9-24,35-38,41-42H,7-8H2,1-6H3/q-2. The molecule has 1 fully saturated rings. The van der Waals surface area contributed by atoms with E-state index in [-0.39, 0.29) is 23.3 Å². The van der Waals surface area contributed by atoms with Crippen LogP contribution in [0.1, 0.15) is 87.5 Å². The number of aromatic hydroxyl groups is 2. The van der Waals surface area contributed by atoms with Gasteiger partial charge in [0.2, 0.25) is 0 Å². The Kier molecular flexibility index (Phi) is 9.23. The summed E-state index contributed by atoms with van der Waals surface area (Å²) in [6.07, 6.45) is -2.56. The summed E-state index contributed by atoms with van der Waals surface area (Å²) < 4.78 is 0. The first-order valence-electron chi connectivity index (χ1n) is 15.8. The predicted molar refractivity (Wildman–Crippen MR) is 176 cm³/mol. The minimum atomic E-state index is -1.28. The number of hydrogen-bond donors (Lipinski definition) is 2. The van der Waals surface area contributed by atoms with E-state index in [2.05, 4.69) is 61.8 Å². The summed E-state index contributed by atoms with van der Waals surface area (Å²) in [7, 11) is 0. The number of anilines is 4. The summed E-state index contributed by atoms with van der Waals surface area (Å²) in [5.41, 5.74) is 6.71. The lowest BCUT2D eigenvalue weighted by Crippen LogP contribution is -2.63. The van der Waals surface area contributed by atoms with Crippen LogP contribution in [-0.4, -0.2) is 35.5 Å². The Balaban J connectivity index is 1.51. The molecule has 0 saturated heterocycles. The van der Waals surface area contributed by atoms with Gasteiger partial charge >= 0.3 is 0 Å². The fourth-order valence-electron chi connectivity index (χ4n) is 6.70. The molecule has 0 radical (unpaired) electrons. The molecule has 2 atom stereocenters. The normalized spacial score (nSPS) is 19.7. The van der Waals surface area contributed by atoms with Gasteiger partial charge in [0.25, 0.3) is 0 Å². The number of hydrogen-bond acceptors (Lipinski definition) is 6. The molecule has 4 aromatic carbocycles. The van der Waals surface area contributed by atoms with Crippen molar-refractivity contribution in [1.82, 2.24) is 0 Å². The lowest BCUT2D eigenvalue weighted by molar-refractivity contribution is -0.536. The molecule has 5 rings (SSSR count). The van der Waals surface area contributed by atoms with E-state index in [0.29, 0.717) is 11.1 Å². The molecule has 0 aliphatic heterocycles. The van der Waals surface area contributed by atoms with Gasteiger partial charge in [-0.2, -0.15) is 0 Å². The van der Waals surface area contributed by atoms with Crippen LogP contribution in [0.5, 0.6) is 11.5 Å². The third-order valence-corrected chi connectivity index (χ3v) is 9.15. The molecule has 1 aliphatic rings. The fraction of sp³-hybridized carbons (Fsp3) is 0.368. The molecule has 1 aliphatic carbocycles. The van der Waals surface area contributed by atoms with Gasteiger partial charge in [-0.3, -0.25) is 0 Å². The van der Waals surface area contributed by atoms with Crippen LogP contribution >= 0.6 is 0 Å². The summed E-state index contributed by atoms with van der Waals surface area (Å²) in [5, 5.41) is 49.3. The minimum Gasteiger partial charge on any atom is -0.851 e. The molecule has 6 heteroatoms. The van der Waals surface area contributed by atoms with Crippen molar-refractivity contribution in [1.29, 1.82) is 0 Å². The number of rotatable bonds is 10. The Morgan fingerprint density at radius 3 is 1.43 bits per heavy atom. The van der Waals surface area contributed by atoms with Crippen LogP contribution in [-0.2, 0) is 0 Å². The summed E-state index contributed by atoms with van der Waals surface area (Å²) >= 11 is 0. The van der Waals surface area contributed by atoms with Gasteiger partial charge in [0, 0.05) is 48.0 Å². The molecule has 1 saturated carbocycles. The average Bonchev–Trinajstić information content (AvgIpc) is 3.01. The van der Waals surface area contributed by atoms with Gasteiger partial charge < -0.3 is 30.2 Å². The molecule has 44 heavy (non-hydrogen) atoms. The highest BCUT2D eigenvalue weighted by Gasteiger charge is 2.41. The molecule has 2 unspecified atom stereocenters. The SMILES string of the molecule is CCN(CC)c1ccc(C2C([O-])C(c3ccc(N(c4ccccc4C(C)C)c4ccccc4C(C)C)cc3O)C2[O-])c(O)c1. The smallest absolute Gasteiger partial charge is 0.121 e. The second-order valence-corrected chi connectivity index (χ2v) is 12.4. The van der Waals surface area contributed by atoms with Crippen molar-refractivity contribution in [2.24, 2.45) is 0 Å². The summed E-state index contributed by atoms with van der Waals surface area (Å²) in [6, 6.07) is 27.1. The van der Waals surface area contributed by atoms with Gasteiger partial charge in [0.15, 0.2) is 0 Å². The van der Waals surface area contributed by atoms with E-state index in [4.69, 9.17) is 0 Å². The third-order valence-electron chi connectivity index (χ3n) is 9.15. The maximum atomic E-state index is 13.5. The van der Waals surface area contributed by atoms with Crippen molar-refractivity contribution in [3.05, 3.63) is 107 Å². The third kappa shape index (κ3) is 5.64. The Hall–Kier alpha value is -4.00. The monoisotopic (exact) mass is 592 g/mol. The molecule has 0 amide bonds. The van der Waals surface area contributed by atoms with Crippen LogP contribution in [0.4, 0.5) is 22.7 Å². The molecule has 4 aromatic rings. The molecular formula is C38H44N2O4-2. The molecule has 0 aromatic heterocycles. The van der Waals surface area contributed by atoms with Crippen LogP contribution < -0.4 is 20.0 Å². The van der Waals surface area contributed by atoms with Crippen molar-refractivity contribution in [3.63, 3.8) is 0 Å². The quantitative estimate of drug-likeness (QED) is 0.206. The maximum Gasteiger partial charge on any atom is 0.121 e. The molecule has 232 valence electrons. The van der Waals surface area contributed by atoms with E-state index < -0.39 is 24.0 Å². The minimum absolute atomic E-state index is 0.0256. The zero-order valence-electron chi connectivity index (χ0n) is 26.6. The van der Waals surface area contributed by atoms with Crippen molar-refractivity contribution in [3.8, 4) is 11.5 Å². The van der Waals surface area contributed by atoms with E-state index in [1.165, 1.54) is 11.1 Å². The van der Waals surface area contributed by atoms with Gasteiger partial charge in [-0.25, -0.2) is 0 Å². The molecule has 2 N–H and O–H groups in total. The fourth-order valence-corrected chi connectivity index (χ4v) is 6.70. The number of benzene rings is 4. The van der Waals surface area contributed by atoms with Crippen LogP contribution in [0, 0.1) is 0 Å². The Bertz CT molecular complexity index is 1530. The second-order valence-electron chi connectivity index (χ2n) is 12.4. The molecular weight excluding hydrogens is 548 g/mol. The molecule has 0 spiro atoms. The summed E-state index contributed by atoms with van der Waals surface area (Å²) in [5.74, 6) is -1.35. The van der Waals surface area contributed by atoms with Crippen LogP contribution in [0.2, 0.25) is 0 Å². The van der Waals surface area contributed by atoms with Crippen LogP contribution in [0.15, 0.2) is 84.9 Å². The highest BCUT2D eigenvalue weighted by molar-refractivity contribution is 5.81. The van der Waals surface area contributed by atoms with Gasteiger partial charge in [0.1, 0.15) is 11.5 Å². The Morgan fingerprint density at radius 2 is 1.02 bits per heavy atom. The lowest BCUT2D eigenvalue weighted by atomic mass is 9.63. The van der Waals surface area contributed by atoms with Gasteiger partial charge in [-0.15, -0.1) is 12.2 Å². The molecule has 0 bridgehead atoms. The van der Waals surface area contributed by atoms with E-state index in [1.807, 2.05) is 50.2 Å². The zero-order chi connectivity index (χ0) is 31.7. The van der Waals surface area contributed by atoms with E-state index in [0.717, 1.165) is 35.8 Å². The van der Waals surface area contributed by atoms with Gasteiger partial charge in [0.05, 0.1) is 0 Å². The van der Waals surface area contributed by atoms with Crippen molar-refractivity contribution in [2.45, 2.75) is 77.4 Å². The lowest BCUT2D eigenvalue weighted by Gasteiger charge is -2.61. The highest BCUT2D eigenvalue weighted by Crippen LogP contribution is 2.51. The van der Waals surface area contributed by atoms with E-state index in [9.17, 15) is 20.4 Å². The second kappa shape index (κ2) is 12.9. The number of para-hydroxylation sites is 2. The van der Waals surface area contributed by atoms with Gasteiger partial charge in [-0.1, -0.05) is 76.2 Å². The van der Waals surface area contributed by atoms with E-state index >= 15 is 0 Å². The molecule has 0 heterocycles. The topological polar surface area (TPSA) is 93.1 Å². The zero-order valence-corrected chi connectivity index (χ0v) is 26.6. The predicted octanol–water partition coefficient (Wildman–Crippen LogP) is 7.00. The van der Waals surface area contributed by atoms with Crippen LogP contribution in [0.3, 0.4) is 0 Å². The number of nitrogens with zero attached hydrogens (tertiary/aromatic N) is 2. The van der Waals surface area contributed by atoms with Crippen LogP contribution in [0.25, 0.3) is 0 Å². The van der Waals surface area contributed by atoms with Crippen molar-refractivity contribution in [2.75, 3.05) is 22.9 Å². The Morgan fingerprint density at radius 1 is 0.614 bits per heavy atom. The van der Waals surface area contributed by atoms with E-state index in [1.54, 1.807) is 24.3 Å². The maximum absolute atomic E-state index is 13.5. The summed E-state index contributed by atoms with van der Waals surface area (Å²) in [6.45, 7) is 14.3. The first kappa shape index (κ1) is 31.4. The molecule has 6 nitrogen and oxygen atoms in total. The number of phenols is 2. The summed E-state index contributed by atoms with van der Waals surface area (Å²) in [4.78, 5) is 4.26. The largest absolute Gasteiger partial charge is 0.851 e.